The van der Waals surface area contributed by atoms with Crippen LogP contribution in [0.4, 0.5) is 5.69 Å². The molecule has 2 aromatic rings. The van der Waals surface area contributed by atoms with Gasteiger partial charge >= 0.3 is 0 Å². The number of nitrogens with one attached hydrogen (secondary N) is 1. The summed E-state index contributed by atoms with van der Waals surface area (Å²) in [6.07, 6.45) is -0.635. The van der Waals surface area contributed by atoms with Gasteiger partial charge in [0.05, 0.1) is 10.0 Å². The molecule has 0 saturated heterocycles. The molecule has 24 heavy (non-hydrogen) atoms. The molecule has 0 aromatic heterocycles. The summed E-state index contributed by atoms with van der Waals surface area (Å²) in [7, 11) is 0. The zero-order valence-corrected chi connectivity index (χ0v) is 15.7. The van der Waals surface area contributed by atoms with Gasteiger partial charge in [-0.15, -0.1) is 0 Å². The van der Waals surface area contributed by atoms with Crippen LogP contribution in [0, 0.1) is 6.92 Å². The van der Waals surface area contributed by atoms with Gasteiger partial charge in [-0.25, -0.2) is 0 Å². The van der Waals surface area contributed by atoms with Gasteiger partial charge in [0.1, 0.15) is 5.75 Å². The van der Waals surface area contributed by atoms with Crippen LogP contribution in [-0.2, 0) is 4.79 Å². The minimum atomic E-state index is -0.635. The van der Waals surface area contributed by atoms with E-state index < -0.39 is 6.10 Å². The molecule has 0 aliphatic heterocycles. The first-order valence-electron chi connectivity index (χ1n) is 7.81. The van der Waals surface area contributed by atoms with Gasteiger partial charge in [-0.2, -0.15) is 0 Å². The fourth-order valence-corrected chi connectivity index (χ4v) is 2.74. The monoisotopic (exact) mass is 365 g/mol. The highest BCUT2D eigenvalue weighted by Gasteiger charge is 2.16. The Morgan fingerprint density at radius 3 is 2.33 bits per heavy atom. The van der Waals surface area contributed by atoms with E-state index in [0.29, 0.717) is 27.4 Å². The van der Waals surface area contributed by atoms with E-state index in [-0.39, 0.29) is 5.91 Å². The van der Waals surface area contributed by atoms with Crippen molar-refractivity contribution in [3.63, 3.8) is 0 Å². The number of aryl methyl sites for hydroxylation is 1. The standard InChI is InChI=1S/C19H21Cl2NO2/c1-11(2)16-7-6-15(9-12(16)3)24-13(4)19(23)22-14-5-8-17(20)18(21)10-14/h5-11,13H,1-4H3,(H,22,23). The molecule has 0 aliphatic rings. The van der Waals surface area contributed by atoms with Gasteiger partial charge in [0.25, 0.3) is 5.91 Å². The average molecular weight is 366 g/mol. The molecule has 0 aliphatic carbocycles. The van der Waals surface area contributed by atoms with Crippen LogP contribution in [0.3, 0.4) is 0 Å². The van der Waals surface area contributed by atoms with Crippen molar-refractivity contribution in [2.45, 2.75) is 39.7 Å². The van der Waals surface area contributed by atoms with E-state index in [1.807, 2.05) is 25.1 Å². The zero-order valence-electron chi connectivity index (χ0n) is 14.2. The molecule has 0 saturated carbocycles. The zero-order chi connectivity index (χ0) is 17.9. The largest absolute Gasteiger partial charge is 0.481 e. The van der Waals surface area contributed by atoms with E-state index in [0.717, 1.165) is 5.56 Å². The summed E-state index contributed by atoms with van der Waals surface area (Å²) in [5.74, 6) is 0.877. The van der Waals surface area contributed by atoms with Crippen LogP contribution in [-0.4, -0.2) is 12.0 Å². The highest BCUT2D eigenvalue weighted by molar-refractivity contribution is 6.42. The van der Waals surface area contributed by atoms with Gasteiger partial charge in [-0.1, -0.05) is 43.1 Å². The first kappa shape index (κ1) is 18.6. The molecule has 0 bridgehead atoms. The Bertz CT molecular complexity index is 744. The third-order valence-electron chi connectivity index (χ3n) is 3.73. The molecule has 5 heteroatoms. The number of halogens is 2. The van der Waals surface area contributed by atoms with Crippen molar-refractivity contribution in [1.82, 2.24) is 0 Å². The van der Waals surface area contributed by atoms with Crippen LogP contribution >= 0.6 is 23.2 Å². The Labute approximate surface area is 152 Å². The molecule has 2 aromatic carbocycles. The molecular formula is C19H21Cl2NO2. The van der Waals surface area contributed by atoms with Gasteiger partial charge in [-0.3, -0.25) is 4.79 Å². The lowest BCUT2D eigenvalue weighted by Gasteiger charge is -2.17. The molecule has 0 fully saturated rings. The van der Waals surface area contributed by atoms with Gasteiger partial charge in [0.2, 0.25) is 0 Å². The van der Waals surface area contributed by atoms with Crippen LogP contribution < -0.4 is 10.1 Å². The molecular weight excluding hydrogens is 345 g/mol. The maximum atomic E-state index is 12.3. The Balaban J connectivity index is 2.03. The highest BCUT2D eigenvalue weighted by atomic mass is 35.5. The molecule has 128 valence electrons. The molecule has 1 unspecified atom stereocenters. The fraction of sp³-hybridized carbons (Fsp3) is 0.316. The Morgan fingerprint density at radius 2 is 1.75 bits per heavy atom. The second-order valence-corrected chi connectivity index (χ2v) is 6.87. The number of hydrogen-bond acceptors (Lipinski definition) is 2. The van der Waals surface area contributed by atoms with E-state index in [4.69, 9.17) is 27.9 Å². The predicted molar refractivity (Wildman–Crippen MR) is 100 cm³/mol. The molecule has 3 nitrogen and oxygen atoms in total. The lowest BCUT2D eigenvalue weighted by atomic mass is 9.98. The Hall–Kier alpha value is -1.71. The summed E-state index contributed by atoms with van der Waals surface area (Å²) in [5, 5.41) is 3.60. The molecule has 1 atom stereocenters. The minimum absolute atomic E-state index is 0.251. The van der Waals surface area contributed by atoms with Crippen molar-refractivity contribution >= 4 is 34.8 Å². The maximum absolute atomic E-state index is 12.3. The van der Waals surface area contributed by atoms with Crippen molar-refractivity contribution in [2.75, 3.05) is 5.32 Å². The molecule has 0 radical (unpaired) electrons. The molecule has 1 amide bonds. The summed E-state index contributed by atoms with van der Waals surface area (Å²) < 4.78 is 5.75. The van der Waals surface area contributed by atoms with Crippen molar-refractivity contribution in [1.29, 1.82) is 0 Å². The smallest absolute Gasteiger partial charge is 0.265 e. The number of rotatable bonds is 5. The van der Waals surface area contributed by atoms with E-state index >= 15 is 0 Å². The van der Waals surface area contributed by atoms with Crippen molar-refractivity contribution < 1.29 is 9.53 Å². The topological polar surface area (TPSA) is 38.3 Å². The Kier molecular flexibility index (Phi) is 6.14. The van der Waals surface area contributed by atoms with Gasteiger partial charge < -0.3 is 10.1 Å². The van der Waals surface area contributed by atoms with Gasteiger partial charge in [-0.05, 0) is 61.2 Å². The van der Waals surface area contributed by atoms with Crippen LogP contribution in [0.25, 0.3) is 0 Å². The van der Waals surface area contributed by atoms with E-state index in [9.17, 15) is 4.79 Å². The third kappa shape index (κ3) is 4.65. The van der Waals surface area contributed by atoms with Crippen molar-refractivity contribution in [2.24, 2.45) is 0 Å². The summed E-state index contributed by atoms with van der Waals surface area (Å²) in [6, 6.07) is 10.8. The quantitative estimate of drug-likeness (QED) is 0.723. The number of carbonyl (C=O) groups is 1. The lowest BCUT2D eigenvalue weighted by molar-refractivity contribution is -0.122. The third-order valence-corrected chi connectivity index (χ3v) is 4.47. The summed E-state index contributed by atoms with van der Waals surface area (Å²) in [4.78, 5) is 12.3. The van der Waals surface area contributed by atoms with Crippen molar-refractivity contribution in [3.8, 4) is 5.75 Å². The average Bonchev–Trinajstić information content (AvgIpc) is 2.50. The number of amides is 1. The Morgan fingerprint density at radius 1 is 1.04 bits per heavy atom. The SMILES string of the molecule is Cc1cc(OC(C)C(=O)Nc2ccc(Cl)c(Cl)c2)ccc1C(C)C. The molecule has 0 spiro atoms. The maximum Gasteiger partial charge on any atom is 0.265 e. The first-order valence-corrected chi connectivity index (χ1v) is 8.56. The minimum Gasteiger partial charge on any atom is -0.481 e. The van der Waals surface area contributed by atoms with E-state index in [1.165, 1.54) is 5.56 Å². The fourth-order valence-electron chi connectivity index (χ4n) is 2.44. The van der Waals surface area contributed by atoms with Gasteiger partial charge in [0, 0.05) is 5.69 Å². The second kappa shape index (κ2) is 7.91. The van der Waals surface area contributed by atoms with Crippen molar-refractivity contribution in [3.05, 3.63) is 57.6 Å². The van der Waals surface area contributed by atoms with Crippen LogP contribution in [0.5, 0.6) is 5.75 Å². The number of hydrogen-bond donors (Lipinski definition) is 1. The number of benzene rings is 2. The number of ether oxygens (including phenoxy) is 1. The van der Waals surface area contributed by atoms with Crippen LogP contribution in [0.15, 0.2) is 36.4 Å². The summed E-state index contributed by atoms with van der Waals surface area (Å²) in [6.45, 7) is 8.05. The number of anilines is 1. The number of carbonyl (C=O) groups excluding carboxylic acids is 1. The summed E-state index contributed by atoms with van der Waals surface area (Å²) >= 11 is 11.8. The second-order valence-electron chi connectivity index (χ2n) is 6.05. The first-order chi connectivity index (χ1) is 11.3. The molecule has 1 N–H and O–H groups in total. The highest BCUT2D eigenvalue weighted by Crippen LogP contribution is 2.26. The molecule has 0 heterocycles. The normalized spacial score (nSPS) is 12.1. The van der Waals surface area contributed by atoms with Crippen LogP contribution in [0.2, 0.25) is 10.0 Å². The van der Waals surface area contributed by atoms with E-state index in [2.05, 4.69) is 19.2 Å². The van der Waals surface area contributed by atoms with E-state index in [1.54, 1.807) is 25.1 Å². The lowest BCUT2D eigenvalue weighted by Crippen LogP contribution is -2.30. The van der Waals surface area contributed by atoms with Crippen LogP contribution in [0.1, 0.15) is 37.8 Å². The van der Waals surface area contributed by atoms with Gasteiger partial charge in [0.15, 0.2) is 6.10 Å². The summed E-state index contributed by atoms with van der Waals surface area (Å²) in [5.41, 5.74) is 3.01. The predicted octanol–water partition coefficient (Wildman–Crippen LogP) is 5.83. The molecule has 2 rings (SSSR count).